The summed E-state index contributed by atoms with van der Waals surface area (Å²) in [4.78, 5) is 12.8. The van der Waals surface area contributed by atoms with Gasteiger partial charge in [-0.3, -0.25) is 4.79 Å². The summed E-state index contributed by atoms with van der Waals surface area (Å²) < 4.78 is 14.1. The molecule has 0 aromatic heterocycles. The van der Waals surface area contributed by atoms with Crippen molar-refractivity contribution in [2.24, 2.45) is 0 Å². The van der Waals surface area contributed by atoms with E-state index in [0.717, 1.165) is 25.9 Å². The van der Waals surface area contributed by atoms with Gasteiger partial charge in [-0.2, -0.15) is 0 Å². The molecule has 0 aliphatic heterocycles. The molecule has 0 aliphatic carbocycles. The highest BCUT2D eigenvalue weighted by Crippen LogP contribution is 2.19. The summed E-state index contributed by atoms with van der Waals surface area (Å²) in [6.07, 6.45) is 0. The largest absolute Gasteiger partial charge is 0.488 e. The topological polar surface area (TPSA) is 35.5 Å². The Hall–Kier alpha value is -4.04. The fraction of sp³-hybridized carbons (Fsp3) is 0.0312. The SMILES string of the molecule is CC(=O)O[Si](O[Si](c1ccccc1)(c1ccccc1)c1ccccc1)(c1ccccc1)c1ccccc1. The van der Waals surface area contributed by atoms with Crippen molar-refractivity contribution in [3.8, 4) is 0 Å². The highest BCUT2D eigenvalue weighted by molar-refractivity contribution is 7.13. The van der Waals surface area contributed by atoms with E-state index in [9.17, 15) is 4.79 Å². The van der Waals surface area contributed by atoms with Crippen molar-refractivity contribution in [3.05, 3.63) is 152 Å². The molecule has 0 fully saturated rings. The van der Waals surface area contributed by atoms with Crippen molar-refractivity contribution in [1.29, 1.82) is 0 Å². The molecule has 0 radical (unpaired) electrons. The maximum absolute atomic E-state index is 12.8. The fourth-order valence-corrected chi connectivity index (χ4v) is 14.3. The lowest BCUT2D eigenvalue weighted by molar-refractivity contribution is -0.133. The lowest BCUT2D eigenvalue weighted by atomic mass is 10.3. The zero-order chi connectivity index (χ0) is 25.6. The third-order valence-electron chi connectivity index (χ3n) is 6.43. The number of carbonyl (C=O) groups excluding carboxylic acids is 1. The van der Waals surface area contributed by atoms with Gasteiger partial charge in [0.05, 0.1) is 0 Å². The van der Waals surface area contributed by atoms with Crippen molar-refractivity contribution in [1.82, 2.24) is 0 Å². The number of rotatable bonds is 8. The Labute approximate surface area is 220 Å². The van der Waals surface area contributed by atoms with Crippen molar-refractivity contribution in [2.45, 2.75) is 6.92 Å². The van der Waals surface area contributed by atoms with Crippen LogP contribution in [0.3, 0.4) is 0 Å². The molecular formula is C32H28O3Si2. The van der Waals surface area contributed by atoms with E-state index in [2.05, 4.69) is 36.4 Å². The van der Waals surface area contributed by atoms with Crippen LogP contribution in [0, 0.1) is 0 Å². The van der Waals surface area contributed by atoms with Gasteiger partial charge in [0.25, 0.3) is 14.3 Å². The molecule has 3 nitrogen and oxygen atoms in total. The normalized spacial score (nSPS) is 11.6. The van der Waals surface area contributed by atoms with Crippen LogP contribution in [-0.4, -0.2) is 22.8 Å². The van der Waals surface area contributed by atoms with Crippen LogP contribution in [-0.2, 0) is 13.3 Å². The molecule has 0 atom stereocenters. The number of hydrogen-bond acceptors (Lipinski definition) is 3. The summed E-state index contributed by atoms with van der Waals surface area (Å²) in [7, 11) is -6.79. The number of carbonyl (C=O) groups is 1. The fourth-order valence-electron chi connectivity index (χ4n) is 4.85. The molecule has 0 unspecified atom stereocenters. The highest BCUT2D eigenvalue weighted by atomic mass is 28.4. The maximum atomic E-state index is 12.8. The van der Waals surface area contributed by atoms with Gasteiger partial charge in [0.15, 0.2) is 0 Å². The van der Waals surface area contributed by atoms with Gasteiger partial charge in [-0.05, 0) is 15.6 Å². The van der Waals surface area contributed by atoms with E-state index in [0.29, 0.717) is 0 Å². The number of hydrogen-bond donors (Lipinski definition) is 0. The van der Waals surface area contributed by atoms with Gasteiger partial charge in [-0.25, -0.2) is 0 Å². The average Bonchev–Trinajstić information content (AvgIpc) is 2.97. The third-order valence-corrected chi connectivity index (χ3v) is 15.0. The van der Waals surface area contributed by atoms with Gasteiger partial charge in [0, 0.05) is 17.3 Å². The van der Waals surface area contributed by atoms with Gasteiger partial charge in [-0.15, -0.1) is 0 Å². The first-order chi connectivity index (χ1) is 18.1. The second-order valence-corrected chi connectivity index (χ2v) is 15.3. The maximum Gasteiger partial charge on any atom is 0.460 e. The van der Waals surface area contributed by atoms with Crippen molar-refractivity contribution < 1.29 is 13.3 Å². The summed E-state index contributed by atoms with van der Waals surface area (Å²) >= 11 is 0. The van der Waals surface area contributed by atoms with Gasteiger partial charge in [0.1, 0.15) is 0 Å². The lowest BCUT2D eigenvalue weighted by Crippen LogP contribution is -2.78. The van der Waals surface area contributed by atoms with Gasteiger partial charge < -0.3 is 8.54 Å². The zero-order valence-electron chi connectivity index (χ0n) is 20.7. The molecule has 5 heteroatoms. The van der Waals surface area contributed by atoms with Crippen LogP contribution in [0.25, 0.3) is 0 Å². The summed E-state index contributed by atoms with van der Waals surface area (Å²) in [5, 5.41) is 5.03. The Kier molecular flexibility index (Phi) is 7.28. The monoisotopic (exact) mass is 516 g/mol. The summed E-state index contributed by atoms with van der Waals surface area (Å²) in [6.45, 7) is 1.47. The van der Waals surface area contributed by atoms with E-state index < -0.39 is 16.9 Å². The van der Waals surface area contributed by atoms with Crippen molar-refractivity contribution in [2.75, 3.05) is 0 Å². The van der Waals surface area contributed by atoms with E-state index in [1.54, 1.807) is 0 Å². The Morgan fingerprint density at radius 3 is 1.00 bits per heavy atom. The first kappa shape index (κ1) is 24.6. The Bertz CT molecular complexity index is 1290. The van der Waals surface area contributed by atoms with Crippen LogP contribution < -0.4 is 25.9 Å². The molecule has 5 rings (SSSR count). The van der Waals surface area contributed by atoms with Crippen LogP contribution in [0.1, 0.15) is 6.92 Å². The molecule has 5 aromatic rings. The molecule has 37 heavy (non-hydrogen) atoms. The van der Waals surface area contributed by atoms with E-state index >= 15 is 0 Å². The first-order valence-corrected chi connectivity index (χ1v) is 16.0. The van der Waals surface area contributed by atoms with Crippen molar-refractivity contribution >= 4 is 48.8 Å². The van der Waals surface area contributed by atoms with Gasteiger partial charge >= 0.3 is 8.56 Å². The van der Waals surface area contributed by atoms with E-state index in [1.165, 1.54) is 6.92 Å². The van der Waals surface area contributed by atoms with E-state index in [4.69, 9.17) is 8.54 Å². The molecular weight excluding hydrogens is 489 g/mol. The van der Waals surface area contributed by atoms with Crippen molar-refractivity contribution in [3.63, 3.8) is 0 Å². The minimum absolute atomic E-state index is 0.364. The highest BCUT2D eigenvalue weighted by Gasteiger charge is 2.55. The molecule has 5 aromatic carbocycles. The minimum Gasteiger partial charge on any atom is -0.488 e. The summed E-state index contributed by atoms with van der Waals surface area (Å²) in [6, 6.07) is 51.1. The Morgan fingerprint density at radius 2 is 0.730 bits per heavy atom. The molecule has 0 N–H and O–H groups in total. The molecule has 0 saturated carbocycles. The minimum atomic E-state index is -3.58. The van der Waals surface area contributed by atoms with E-state index in [1.807, 2.05) is 115 Å². The van der Waals surface area contributed by atoms with Crippen LogP contribution in [0.4, 0.5) is 0 Å². The Balaban J connectivity index is 1.89. The number of benzene rings is 5. The predicted octanol–water partition coefficient (Wildman–Crippen LogP) is 3.49. The van der Waals surface area contributed by atoms with E-state index in [-0.39, 0.29) is 5.97 Å². The average molecular weight is 517 g/mol. The molecule has 182 valence electrons. The molecule has 0 amide bonds. The van der Waals surface area contributed by atoms with Crippen LogP contribution in [0.15, 0.2) is 152 Å². The Morgan fingerprint density at radius 1 is 0.459 bits per heavy atom. The third kappa shape index (κ3) is 4.84. The van der Waals surface area contributed by atoms with Crippen LogP contribution in [0.2, 0.25) is 0 Å². The zero-order valence-corrected chi connectivity index (χ0v) is 22.7. The predicted molar refractivity (Wildman–Crippen MR) is 155 cm³/mol. The van der Waals surface area contributed by atoms with Gasteiger partial charge in [-0.1, -0.05) is 152 Å². The smallest absolute Gasteiger partial charge is 0.460 e. The quantitative estimate of drug-likeness (QED) is 0.234. The molecule has 0 heterocycles. The van der Waals surface area contributed by atoms with Crippen LogP contribution in [0.5, 0.6) is 0 Å². The summed E-state index contributed by atoms with van der Waals surface area (Å²) in [5.74, 6) is -0.364. The lowest BCUT2D eigenvalue weighted by Gasteiger charge is -2.41. The van der Waals surface area contributed by atoms with Gasteiger partial charge in [0.2, 0.25) is 0 Å². The second-order valence-electron chi connectivity index (χ2n) is 8.82. The van der Waals surface area contributed by atoms with Crippen LogP contribution >= 0.6 is 0 Å². The molecule has 0 bridgehead atoms. The first-order valence-electron chi connectivity index (χ1n) is 12.3. The summed E-state index contributed by atoms with van der Waals surface area (Å²) in [5.41, 5.74) is 0. The molecule has 0 aliphatic rings. The second kappa shape index (κ2) is 10.9. The standard InChI is InChI=1S/C32H28O3Si2/c1-27(33)34-37(31-23-13-5-14-24-31,32-25-15-6-16-26-32)35-36(28-17-7-2-8-18-28,29-19-9-3-10-20-29)30-21-11-4-12-22-30/h2-26H,1H3. The molecule has 0 spiro atoms. The molecule has 0 saturated heterocycles.